The predicted octanol–water partition coefficient (Wildman–Crippen LogP) is -5.49. The summed E-state index contributed by atoms with van der Waals surface area (Å²) in [6, 6.07) is -9.86. The SMILES string of the molecule is CC[C@H](C)[C@H](N)C(=O)N[C@@H](CO)C(=O)N[C@@H](CCC(=O)O)C(=O)N[C@H](C(=O)N[C@@H](CC(N)=O)C(=O)N[C@@H](CC(C)C)C(=O)N[C@@H](CCSC)C(=O)N[C@@H](C)C(=O)N[C@@H](CCC(=O)O)C(=O)N[C@@H](Cc1ccccc1)C(=O)N[C@@H](CCCN=C(N)N)C(=O)N[C@@H](Cc1cnc[nH]1)C(N)=O)C(C)C. The zero-order valence-electron chi connectivity index (χ0n) is 58.0. The van der Waals surface area contributed by atoms with Crippen LogP contribution in [0.2, 0.25) is 0 Å². The zero-order chi connectivity index (χ0) is 76.2. The minimum Gasteiger partial charge on any atom is -0.481 e. The summed E-state index contributed by atoms with van der Waals surface area (Å²) < 4.78 is 0. The van der Waals surface area contributed by atoms with E-state index in [2.05, 4.69) is 73.4 Å². The lowest BCUT2D eigenvalue weighted by atomic mass is 9.99. The molecule has 0 fully saturated rings. The van der Waals surface area contributed by atoms with Crippen LogP contribution in [0.3, 0.4) is 0 Å². The highest BCUT2D eigenvalue weighted by Gasteiger charge is 2.38. The number of aromatic nitrogens is 2. The van der Waals surface area contributed by atoms with Gasteiger partial charge in [0.2, 0.25) is 76.8 Å². The van der Waals surface area contributed by atoms with Crippen LogP contribution < -0.4 is 87.2 Å². The van der Waals surface area contributed by atoms with Gasteiger partial charge in [-0.2, -0.15) is 11.8 Å². The number of aliphatic imine (C=N–C) groups is 1. The summed E-state index contributed by atoms with van der Waals surface area (Å²) in [5, 5.41) is 56.3. The van der Waals surface area contributed by atoms with E-state index >= 15 is 0 Å². The number of aliphatic carboxylic acids is 2. The summed E-state index contributed by atoms with van der Waals surface area (Å²) in [4.78, 5) is 213. The fourth-order valence-corrected chi connectivity index (χ4v) is 10.2. The maximum absolute atomic E-state index is 14.4. The second kappa shape index (κ2) is 44.9. The average Bonchev–Trinajstić information content (AvgIpc) is 1.08. The third kappa shape index (κ3) is 32.7. The number of nitrogens with one attached hydrogen (secondary N) is 12. The molecule has 1 aromatic carbocycles. The third-order valence-electron chi connectivity index (χ3n) is 15.7. The lowest BCUT2D eigenvalue weighted by Crippen LogP contribution is -2.61. The summed E-state index contributed by atoms with van der Waals surface area (Å²) in [7, 11) is 0. The number of aliphatic hydroxyl groups is 1. The molecule has 1 aromatic heterocycles. The highest BCUT2D eigenvalue weighted by Crippen LogP contribution is 2.14. The van der Waals surface area contributed by atoms with Crippen LogP contribution in [0.4, 0.5) is 0 Å². The van der Waals surface area contributed by atoms with Crippen LogP contribution in [0, 0.1) is 17.8 Å². The van der Waals surface area contributed by atoms with Gasteiger partial charge in [-0.3, -0.25) is 76.9 Å². The van der Waals surface area contributed by atoms with E-state index in [-0.39, 0.29) is 68.6 Å². The Balaban J connectivity index is 2.43. The fraction of sp³-hybridized carbons (Fsp3) is 0.603. The van der Waals surface area contributed by atoms with Crippen molar-refractivity contribution >= 4 is 106 Å². The van der Waals surface area contributed by atoms with Gasteiger partial charge in [-0.05, 0) is 80.8 Å². The Kier molecular flexibility index (Phi) is 38.7. The van der Waals surface area contributed by atoms with Crippen LogP contribution >= 0.6 is 11.8 Å². The number of carbonyl (C=O) groups is 15. The number of guanidine groups is 1. The Labute approximate surface area is 588 Å². The number of nitrogens with zero attached hydrogens (tertiary/aromatic N) is 2. The molecular weight excluding hydrogens is 1340 g/mol. The van der Waals surface area contributed by atoms with Crippen molar-refractivity contribution in [3.63, 3.8) is 0 Å². The molecule has 1 heterocycles. The molecule has 562 valence electrons. The molecule has 0 unspecified atom stereocenters. The Morgan fingerprint density at radius 3 is 1.50 bits per heavy atom. The number of hydrogen-bond donors (Lipinski definition) is 20. The highest BCUT2D eigenvalue weighted by molar-refractivity contribution is 7.98. The number of carbonyl (C=O) groups excluding carboxylic acids is 13. The van der Waals surface area contributed by atoms with E-state index in [1.807, 2.05) is 0 Å². The number of aliphatic hydroxyl groups excluding tert-OH is 1. The van der Waals surface area contributed by atoms with Gasteiger partial charge in [-0.25, -0.2) is 4.98 Å². The summed E-state index contributed by atoms with van der Waals surface area (Å²) in [5.74, 6) is -17.3. The Morgan fingerprint density at radius 1 is 0.545 bits per heavy atom. The molecule has 37 nitrogen and oxygen atoms in total. The van der Waals surface area contributed by atoms with Crippen LogP contribution in [-0.4, -0.2) is 218 Å². The van der Waals surface area contributed by atoms with Gasteiger partial charge < -0.3 is 107 Å². The van der Waals surface area contributed by atoms with Crippen molar-refractivity contribution in [1.29, 1.82) is 0 Å². The quantitative estimate of drug-likeness (QED) is 0.0167. The van der Waals surface area contributed by atoms with Crippen molar-refractivity contribution < 1.29 is 87.2 Å². The first-order chi connectivity index (χ1) is 47.5. The first-order valence-electron chi connectivity index (χ1n) is 32.8. The first-order valence-corrected chi connectivity index (χ1v) is 34.2. The molecule has 2 aromatic rings. The fourth-order valence-electron chi connectivity index (χ4n) is 9.70. The van der Waals surface area contributed by atoms with Crippen molar-refractivity contribution in [2.24, 2.45) is 51.4 Å². The molecule has 0 saturated carbocycles. The van der Waals surface area contributed by atoms with Crippen molar-refractivity contribution in [2.45, 2.75) is 198 Å². The molecule has 0 spiro atoms. The molecule has 0 aliphatic rings. The van der Waals surface area contributed by atoms with Gasteiger partial charge in [0.25, 0.3) is 0 Å². The monoisotopic (exact) mass is 1440 g/mol. The Hall–Kier alpha value is -9.98. The largest absolute Gasteiger partial charge is 0.481 e. The molecule has 0 aliphatic heterocycles. The molecule has 25 N–H and O–H groups in total. The minimum atomic E-state index is -1.82. The first kappa shape index (κ1) is 87.1. The van der Waals surface area contributed by atoms with Crippen LogP contribution in [0.5, 0.6) is 0 Å². The highest BCUT2D eigenvalue weighted by atomic mass is 32.2. The van der Waals surface area contributed by atoms with Gasteiger partial charge in [-0.1, -0.05) is 78.3 Å². The molecule has 0 saturated heterocycles. The van der Waals surface area contributed by atoms with E-state index in [1.54, 1.807) is 64.3 Å². The smallest absolute Gasteiger partial charge is 0.303 e. The molecule has 0 bridgehead atoms. The molecule has 101 heavy (non-hydrogen) atoms. The number of rotatable bonds is 48. The third-order valence-corrected chi connectivity index (χ3v) is 16.3. The summed E-state index contributed by atoms with van der Waals surface area (Å²) in [5.41, 5.74) is 29.1. The number of carboxylic acids is 2. The van der Waals surface area contributed by atoms with Gasteiger partial charge >= 0.3 is 11.9 Å². The zero-order valence-corrected chi connectivity index (χ0v) is 58.8. The van der Waals surface area contributed by atoms with E-state index < -0.39 is 206 Å². The van der Waals surface area contributed by atoms with E-state index in [9.17, 15) is 87.2 Å². The maximum atomic E-state index is 14.4. The lowest BCUT2D eigenvalue weighted by molar-refractivity contribution is -0.139. The number of imidazole rings is 1. The number of nitrogens with two attached hydrogens (primary N) is 5. The Morgan fingerprint density at radius 2 is 1.01 bits per heavy atom. The van der Waals surface area contributed by atoms with Crippen molar-refractivity contribution in [3.8, 4) is 0 Å². The van der Waals surface area contributed by atoms with Crippen molar-refractivity contribution in [1.82, 2.24) is 68.5 Å². The summed E-state index contributed by atoms with van der Waals surface area (Å²) >= 11 is 1.27. The van der Waals surface area contributed by atoms with Gasteiger partial charge in [0.05, 0.1) is 25.4 Å². The van der Waals surface area contributed by atoms with Crippen LogP contribution in [0.1, 0.15) is 124 Å². The van der Waals surface area contributed by atoms with Crippen LogP contribution in [0.15, 0.2) is 47.8 Å². The molecule has 38 heteroatoms. The minimum absolute atomic E-state index is 0.0158. The van der Waals surface area contributed by atoms with Crippen LogP contribution in [-0.2, 0) is 84.8 Å². The summed E-state index contributed by atoms with van der Waals surface area (Å²) in [6.45, 7) is 10.1. The molecule has 0 radical (unpaired) electrons. The van der Waals surface area contributed by atoms with Crippen LogP contribution in [0.25, 0.3) is 0 Å². The number of H-pyrrole nitrogens is 1. The van der Waals surface area contributed by atoms with Gasteiger partial charge in [0.15, 0.2) is 5.96 Å². The maximum Gasteiger partial charge on any atom is 0.303 e. The van der Waals surface area contributed by atoms with Gasteiger partial charge in [0.1, 0.15) is 66.5 Å². The number of hydrogen-bond acceptors (Lipinski definition) is 20. The second-order valence-electron chi connectivity index (χ2n) is 24.9. The summed E-state index contributed by atoms with van der Waals surface area (Å²) in [6.07, 6.45) is 1.15. The number of carboxylic acid groups (broad SMARTS) is 2. The average molecular weight is 1440 g/mol. The molecule has 0 aliphatic carbocycles. The predicted molar refractivity (Wildman–Crippen MR) is 368 cm³/mol. The normalized spacial score (nSPS) is 15.0. The van der Waals surface area contributed by atoms with Gasteiger partial charge in [0, 0.05) is 44.1 Å². The van der Waals surface area contributed by atoms with E-state index in [1.165, 1.54) is 45.1 Å². The molecule has 13 amide bonds. The number of primary amides is 2. The van der Waals surface area contributed by atoms with E-state index in [0.717, 1.165) is 0 Å². The number of thioether (sulfide) groups is 1. The topological polar surface area (TPSA) is 620 Å². The standard InChI is InChI=1S/C63H101N19O18S/c1-9-33(6)49(65)61(99)81-45(29-83)60(98)75-39(18-20-48(87)88)56(94)82-50(32(4)5)62(100)80-44(27-46(64)84)59(97)78-42(24-31(2)3)57(95)76-40(21-23-101-8)53(91)72-34(7)52(90)73-38(17-19-47(85)86)55(93)79-43(25-35-14-11-10-12-15-35)58(96)74-37(16-13-22-70-63(67)68)54(92)77-41(51(66)89)26-36-28-69-30-71-36/h10-12,14-15,28,30-34,37-45,49-50,83H,9,13,16-27,29,65H2,1-8H3,(H2,64,84)(H2,66,89)(H,69,71)(H,72,91)(H,73,90)(H,74,96)(H,75,98)(H,76,95)(H,77,92)(H,78,97)(H,79,93)(H,80,100)(H,81,99)(H,82,94)(H,85,86)(H,87,88)(H4,67,68,70)/t33-,34-,37-,38-,39-,40-,41-,42-,43-,44-,45-,49-,50-/m0/s1. The molecular formula is C63H101N19O18S. The second-order valence-corrected chi connectivity index (χ2v) is 25.9. The van der Waals surface area contributed by atoms with E-state index in [0.29, 0.717) is 17.7 Å². The Bertz CT molecular complexity index is 3160. The lowest BCUT2D eigenvalue weighted by Gasteiger charge is -2.29. The number of aromatic amines is 1. The van der Waals surface area contributed by atoms with Crippen molar-refractivity contribution in [2.75, 3.05) is 25.2 Å². The van der Waals surface area contributed by atoms with Crippen molar-refractivity contribution in [3.05, 3.63) is 54.1 Å². The number of amides is 13. The number of benzene rings is 1. The molecule has 2 rings (SSSR count). The van der Waals surface area contributed by atoms with E-state index in [4.69, 9.17) is 28.7 Å². The van der Waals surface area contributed by atoms with Gasteiger partial charge in [-0.15, -0.1) is 0 Å². The molecule has 13 atom stereocenters.